The zero-order valence-electron chi connectivity index (χ0n) is 12.6. The molecule has 4 nitrogen and oxygen atoms in total. The van der Waals surface area contributed by atoms with Crippen LogP contribution in [0.15, 0.2) is 12.4 Å². The molecular formula is C15H25N3O. The summed E-state index contributed by atoms with van der Waals surface area (Å²) in [5.74, 6) is 0. The lowest BCUT2D eigenvalue weighted by atomic mass is 9.64. The molecule has 4 heteroatoms. The summed E-state index contributed by atoms with van der Waals surface area (Å²) < 4.78 is 5.77. The van der Waals surface area contributed by atoms with Crippen molar-refractivity contribution in [1.29, 1.82) is 0 Å². The third-order valence-corrected chi connectivity index (χ3v) is 4.33. The molecule has 0 aromatic carbocycles. The standard InChI is InChI=1S/C15H25N3O/c1-6-19-13-9-12(15(13,4)5)18-11(3)14-10(2)16-7-8-17-14/h7-8,11-13,18H,6,9H2,1-5H3. The Bertz CT molecular complexity index is 433. The van der Waals surface area contributed by atoms with Crippen molar-refractivity contribution in [2.24, 2.45) is 5.41 Å². The van der Waals surface area contributed by atoms with Gasteiger partial charge in [-0.15, -0.1) is 0 Å². The molecule has 1 aliphatic carbocycles. The number of nitrogens with one attached hydrogen (secondary N) is 1. The Morgan fingerprint density at radius 2 is 2.11 bits per heavy atom. The highest BCUT2D eigenvalue weighted by Gasteiger charge is 2.49. The minimum absolute atomic E-state index is 0.181. The average Bonchev–Trinajstić information content (AvgIpc) is 2.38. The molecule has 1 aromatic rings. The van der Waals surface area contributed by atoms with Crippen LogP contribution < -0.4 is 5.32 Å². The highest BCUT2D eigenvalue weighted by atomic mass is 16.5. The van der Waals surface area contributed by atoms with Crippen LogP contribution >= 0.6 is 0 Å². The van der Waals surface area contributed by atoms with Gasteiger partial charge in [0, 0.05) is 36.5 Å². The average molecular weight is 263 g/mol. The van der Waals surface area contributed by atoms with Crippen LogP contribution in [-0.2, 0) is 4.74 Å². The fraction of sp³-hybridized carbons (Fsp3) is 0.733. The first kappa shape index (κ1) is 14.4. The number of aromatic nitrogens is 2. The molecule has 0 saturated heterocycles. The van der Waals surface area contributed by atoms with E-state index in [0.717, 1.165) is 24.4 Å². The van der Waals surface area contributed by atoms with E-state index in [-0.39, 0.29) is 11.5 Å². The Morgan fingerprint density at radius 3 is 2.68 bits per heavy atom. The summed E-state index contributed by atoms with van der Waals surface area (Å²) in [4.78, 5) is 8.74. The maximum absolute atomic E-state index is 5.77. The van der Waals surface area contributed by atoms with Crippen LogP contribution in [-0.4, -0.2) is 28.7 Å². The van der Waals surface area contributed by atoms with Gasteiger partial charge in [0.15, 0.2) is 0 Å². The second-order valence-corrected chi connectivity index (χ2v) is 5.97. The highest BCUT2D eigenvalue weighted by molar-refractivity contribution is 5.14. The molecule has 19 heavy (non-hydrogen) atoms. The van der Waals surface area contributed by atoms with E-state index in [1.807, 2.05) is 6.92 Å². The Balaban J connectivity index is 1.98. The van der Waals surface area contributed by atoms with E-state index in [1.165, 1.54) is 0 Å². The molecular weight excluding hydrogens is 238 g/mol. The Kier molecular flexibility index (Phi) is 4.21. The first-order valence-electron chi connectivity index (χ1n) is 7.12. The molecule has 1 fully saturated rings. The normalized spacial score (nSPS) is 26.8. The lowest BCUT2D eigenvalue weighted by Crippen LogP contribution is -2.61. The molecule has 0 bridgehead atoms. The van der Waals surface area contributed by atoms with Crippen molar-refractivity contribution in [3.05, 3.63) is 23.8 Å². The summed E-state index contributed by atoms with van der Waals surface area (Å²) in [6.07, 6.45) is 4.94. The zero-order valence-corrected chi connectivity index (χ0v) is 12.6. The number of hydrogen-bond acceptors (Lipinski definition) is 4. The van der Waals surface area contributed by atoms with Crippen LogP contribution in [0.2, 0.25) is 0 Å². The molecule has 1 heterocycles. The Morgan fingerprint density at radius 1 is 1.42 bits per heavy atom. The predicted octanol–water partition coefficient (Wildman–Crippen LogP) is 2.64. The van der Waals surface area contributed by atoms with Crippen molar-refractivity contribution in [1.82, 2.24) is 15.3 Å². The van der Waals surface area contributed by atoms with Crippen molar-refractivity contribution in [2.45, 2.75) is 59.2 Å². The molecule has 3 unspecified atom stereocenters. The summed E-state index contributed by atoms with van der Waals surface area (Å²) >= 11 is 0. The minimum atomic E-state index is 0.181. The molecule has 0 radical (unpaired) electrons. The van der Waals surface area contributed by atoms with E-state index < -0.39 is 0 Å². The smallest absolute Gasteiger partial charge is 0.0782 e. The molecule has 0 aliphatic heterocycles. The zero-order chi connectivity index (χ0) is 14.0. The van der Waals surface area contributed by atoms with Gasteiger partial charge < -0.3 is 10.1 Å². The number of ether oxygens (including phenoxy) is 1. The topological polar surface area (TPSA) is 47.0 Å². The van der Waals surface area contributed by atoms with E-state index in [4.69, 9.17) is 4.74 Å². The van der Waals surface area contributed by atoms with Gasteiger partial charge in [-0.25, -0.2) is 0 Å². The third kappa shape index (κ3) is 2.79. The molecule has 1 aliphatic rings. The molecule has 1 N–H and O–H groups in total. The van der Waals surface area contributed by atoms with Crippen LogP contribution in [0.25, 0.3) is 0 Å². The van der Waals surface area contributed by atoms with Crippen LogP contribution in [0.5, 0.6) is 0 Å². The maximum atomic E-state index is 5.77. The number of hydrogen-bond donors (Lipinski definition) is 1. The van der Waals surface area contributed by atoms with Gasteiger partial charge in [-0.05, 0) is 27.2 Å². The van der Waals surface area contributed by atoms with Crippen LogP contribution in [0.4, 0.5) is 0 Å². The SMILES string of the molecule is CCOC1CC(NC(C)c2nccnc2C)C1(C)C. The second kappa shape index (κ2) is 5.55. The van der Waals surface area contributed by atoms with E-state index in [1.54, 1.807) is 12.4 Å². The van der Waals surface area contributed by atoms with Gasteiger partial charge in [-0.2, -0.15) is 0 Å². The van der Waals surface area contributed by atoms with Crippen molar-refractivity contribution < 1.29 is 4.74 Å². The molecule has 2 rings (SSSR count). The molecule has 3 atom stereocenters. The van der Waals surface area contributed by atoms with Gasteiger partial charge in [0.1, 0.15) is 0 Å². The summed E-state index contributed by atoms with van der Waals surface area (Å²) in [5.41, 5.74) is 2.22. The second-order valence-electron chi connectivity index (χ2n) is 5.97. The van der Waals surface area contributed by atoms with Crippen molar-refractivity contribution in [2.75, 3.05) is 6.61 Å². The molecule has 1 saturated carbocycles. The first-order chi connectivity index (χ1) is 8.96. The largest absolute Gasteiger partial charge is 0.378 e. The van der Waals surface area contributed by atoms with Gasteiger partial charge in [0.25, 0.3) is 0 Å². The Hall–Kier alpha value is -1.00. The van der Waals surface area contributed by atoms with E-state index in [9.17, 15) is 0 Å². The molecule has 0 spiro atoms. The summed E-state index contributed by atoms with van der Waals surface area (Å²) in [6.45, 7) is 11.5. The maximum Gasteiger partial charge on any atom is 0.0782 e. The number of rotatable bonds is 5. The number of nitrogens with zero attached hydrogens (tertiary/aromatic N) is 2. The monoisotopic (exact) mass is 263 g/mol. The molecule has 106 valence electrons. The molecule has 1 aromatic heterocycles. The van der Waals surface area contributed by atoms with Crippen LogP contribution in [0, 0.1) is 12.3 Å². The van der Waals surface area contributed by atoms with Gasteiger partial charge in [-0.3, -0.25) is 9.97 Å². The third-order valence-electron chi connectivity index (χ3n) is 4.33. The van der Waals surface area contributed by atoms with Crippen LogP contribution in [0.3, 0.4) is 0 Å². The van der Waals surface area contributed by atoms with Gasteiger partial charge in [0.2, 0.25) is 0 Å². The van der Waals surface area contributed by atoms with Gasteiger partial charge in [0.05, 0.1) is 17.5 Å². The summed E-state index contributed by atoms with van der Waals surface area (Å²) in [5, 5.41) is 3.67. The van der Waals surface area contributed by atoms with E-state index >= 15 is 0 Å². The quantitative estimate of drug-likeness (QED) is 0.887. The highest BCUT2D eigenvalue weighted by Crippen LogP contribution is 2.43. The Labute approximate surface area is 116 Å². The van der Waals surface area contributed by atoms with E-state index in [0.29, 0.717) is 12.1 Å². The fourth-order valence-electron chi connectivity index (χ4n) is 2.88. The van der Waals surface area contributed by atoms with Crippen LogP contribution in [0.1, 0.15) is 51.5 Å². The van der Waals surface area contributed by atoms with E-state index in [2.05, 4.69) is 43.0 Å². The summed E-state index contributed by atoms with van der Waals surface area (Å²) in [7, 11) is 0. The van der Waals surface area contributed by atoms with Crippen molar-refractivity contribution in [3.63, 3.8) is 0 Å². The predicted molar refractivity (Wildman–Crippen MR) is 75.9 cm³/mol. The number of aryl methyl sites for hydroxylation is 1. The fourth-order valence-corrected chi connectivity index (χ4v) is 2.88. The lowest BCUT2D eigenvalue weighted by Gasteiger charge is -2.52. The lowest BCUT2D eigenvalue weighted by molar-refractivity contribution is -0.116. The molecule has 0 amide bonds. The van der Waals surface area contributed by atoms with Gasteiger partial charge >= 0.3 is 0 Å². The van der Waals surface area contributed by atoms with Crippen molar-refractivity contribution in [3.8, 4) is 0 Å². The summed E-state index contributed by atoms with van der Waals surface area (Å²) in [6, 6.07) is 0.695. The minimum Gasteiger partial charge on any atom is -0.378 e. The van der Waals surface area contributed by atoms with Gasteiger partial charge in [-0.1, -0.05) is 13.8 Å². The van der Waals surface area contributed by atoms with Crippen molar-refractivity contribution >= 4 is 0 Å². The first-order valence-corrected chi connectivity index (χ1v) is 7.12.